The molecule has 146 valence electrons. The quantitative estimate of drug-likeness (QED) is 0.584. The van der Waals surface area contributed by atoms with Gasteiger partial charge in [0.1, 0.15) is 5.82 Å². The maximum Gasteiger partial charge on any atom is 0.230 e. The SMILES string of the molecule is Cc1ccccc1-n1c(C)nnc1SCC(=O)NC(C)CCc1ccccc1. The molecule has 1 amide bonds. The van der Waals surface area contributed by atoms with Crippen molar-refractivity contribution >= 4 is 17.7 Å². The number of carbonyl (C=O) groups excluding carboxylic acids is 1. The van der Waals surface area contributed by atoms with Crippen LogP contribution < -0.4 is 5.32 Å². The molecule has 0 bridgehead atoms. The summed E-state index contributed by atoms with van der Waals surface area (Å²) in [5.41, 5.74) is 3.48. The third kappa shape index (κ3) is 5.23. The van der Waals surface area contributed by atoms with Crippen LogP contribution in [0.3, 0.4) is 0 Å². The van der Waals surface area contributed by atoms with Crippen LogP contribution in [0, 0.1) is 13.8 Å². The van der Waals surface area contributed by atoms with Gasteiger partial charge in [0.2, 0.25) is 5.91 Å². The van der Waals surface area contributed by atoms with Crippen molar-refractivity contribution < 1.29 is 4.79 Å². The van der Waals surface area contributed by atoms with Crippen molar-refractivity contribution in [2.45, 2.75) is 44.8 Å². The highest BCUT2D eigenvalue weighted by Crippen LogP contribution is 2.23. The first-order valence-corrected chi connectivity index (χ1v) is 10.5. The minimum Gasteiger partial charge on any atom is -0.353 e. The molecule has 1 heterocycles. The van der Waals surface area contributed by atoms with Gasteiger partial charge in [-0.3, -0.25) is 9.36 Å². The summed E-state index contributed by atoms with van der Waals surface area (Å²) < 4.78 is 2.01. The van der Waals surface area contributed by atoms with Crippen molar-refractivity contribution in [1.82, 2.24) is 20.1 Å². The molecule has 0 radical (unpaired) electrons. The Morgan fingerprint density at radius 2 is 1.79 bits per heavy atom. The number of carbonyl (C=O) groups is 1. The molecule has 0 aliphatic rings. The van der Waals surface area contributed by atoms with Gasteiger partial charge in [-0.05, 0) is 50.8 Å². The molecule has 0 saturated carbocycles. The molecule has 1 N–H and O–H groups in total. The van der Waals surface area contributed by atoms with Crippen LogP contribution in [0.15, 0.2) is 59.8 Å². The lowest BCUT2D eigenvalue weighted by Gasteiger charge is -2.14. The molecule has 1 aromatic heterocycles. The molecule has 0 aliphatic carbocycles. The second-order valence-electron chi connectivity index (χ2n) is 6.93. The van der Waals surface area contributed by atoms with Crippen molar-refractivity contribution in [3.63, 3.8) is 0 Å². The number of nitrogens with one attached hydrogen (secondary N) is 1. The average Bonchev–Trinajstić information content (AvgIpc) is 3.06. The number of thioether (sulfide) groups is 1. The van der Waals surface area contributed by atoms with Gasteiger partial charge in [-0.1, -0.05) is 60.3 Å². The number of hydrogen-bond donors (Lipinski definition) is 1. The van der Waals surface area contributed by atoms with Gasteiger partial charge in [-0.25, -0.2) is 0 Å². The summed E-state index contributed by atoms with van der Waals surface area (Å²) in [6.07, 6.45) is 1.87. The molecule has 3 aromatic rings. The fourth-order valence-corrected chi connectivity index (χ4v) is 3.88. The molecular formula is C22H26N4OS. The molecular weight excluding hydrogens is 368 g/mol. The van der Waals surface area contributed by atoms with Crippen LogP contribution in [0.25, 0.3) is 5.69 Å². The summed E-state index contributed by atoms with van der Waals surface area (Å²) in [5, 5.41) is 12.3. The van der Waals surface area contributed by atoms with E-state index in [1.54, 1.807) is 0 Å². The van der Waals surface area contributed by atoms with Crippen LogP contribution in [0.5, 0.6) is 0 Å². The maximum absolute atomic E-state index is 12.4. The van der Waals surface area contributed by atoms with Crippen LogP contribution in [-0.4, -0.2) is 32.5 Å². The van der Waals surface area contributed by atoms with Crippen molar-refractivity contribution in [1.29, 1.82) is 0 Å². The zero-order chi connectivity index (χ0) is 19.9. The number of rotatable bonds is 8. The third-order valence-corrected chi connectivity index (χ3v) is 5.53. The van der Waals surface area contributed by atoms with Gasteiger partial charge >= 0.3 is 0 Å². The Morgan fingerprint density at radius 1 is 1.07 bits per heavy atom. The van der Waals surface area contributed by atoms with Crippen molar-refractivity contribution in [3.8, 4) is 5.69 Å². The van der Waals surface area contributed by atoms with Gasteiger partial charge in [-0.2, -0.15) is 0 Å². The normalized spacial score (nSPS) is 12.0. The second-order valence-corrected chi connectivity index (χ2v) is 7.88. The monoisotopic (exact) mass is 394 g/mol. The highest BCUT2D eigenvalue weighted by atomic mass is 32.2. The zero-order valence-electron chi connectivity index (χ0n) is 16.6. The van der Waals surface area contributed by atoms with Crippen molar-refractivity contribution in [2.24, 2.45) is 0 Å². The number of para-hydroxylation sites is 1. The van der Waals surface area contributed by atoms with E-state index >= 15 is 0 Å². The lowest BCUT2D eigenvalue weighted by molar-refractivity contribution is -0.119. The van der Waals surface area contributed by atoms with Gasteiger partial charge in [0.15, 0.2) is 5.16 Å². The number of hydrogen-bond acceptors (Lipinski definition) is 4. The number of aryl methyl sites for hydroxylation is 3. The summed E-state index contributed by atoms with van der Waals surface area (Å²) >= 11 is 1.41. The van der Waals surface area contributed by atoms with Crippen LogP contribution in [0.4, 0.5) is 0 Å². The average molecular weight is 395 g/mol. The summed E-state index contributed by atoms with van der Waals surface area (Å²) in [6, 6.07) is 18.6. The van der Waals surface area contributed by atoms with E-state index in [1.807, 2.05) is 54.8 Å². The summed E-state index contributed by atoms with van der Waals surface area (Å²) in [5.74, 6) is 1.15. The van der Waals surface area contributed by atoms with Gasteiger partial charge in [-0.15, -0.1) is 10.2 Å². The van der Waals surface area contributed by atoms with E-state index in [1.165, 1.54) is 17.3 Å². The Balaban J connectivity index is 1.54. The van der Waals surface area contributed by atoms with Crippen LogP contribution >= 0.6 is 11.8 Å². The van der Waals surface area contributed by atoms with E-state index < -0.39 is 0 Å². The highest BCUT2D eigenvalue weighted by Gasteiger charge is 2.15. The molecule has 3 rings (SSSR count). The van der Waals surface area contributed by atoms with Crippen molar-refractivity contribution in [3.05, 3.63) is 71.5 Å². The first-order chi connectivity index (χ1) is 13.5. The van der Waals surface area contributed by atoms with E-state index in [2.05, 4.69) is 40.6 Å². The maximum atomic E-state index is 12.4. The van der Waals surface area contributed by atoms with E-state index in [0.717, 1.165) is 35.1 Å². The number of nitrogens with zero attached hydrogens (tertiary/aromatic N) is 3. The molecule has 0 saturated heterocycles. The van der Waals surface area contributed by atoms with Crippen molar-refractivity contribution in [2.75, 3.05) is 5.75 Å². The standard InChI is InChI=1S/C22H26N4OS/c1-16-9-7-8-12-20(16)26-18(3)24-25-22(26)28-15-21(27)23-17(2)13-14-19-10-5-4-6-11-19/h4-12,17H,13-15H2,1-3H3,(H,23,27). The molecule has 1 unspecified atom stereocenters. The molecule has 0 spiro atoms. The first kappa shape index (κ1) is 20.1. The zero-order valence-corrected chi connectivity index (χ0v) is 17.4. The highest BCUT2D eigenvalue weighted by molar-refractivity contribution is 7.99. The molecule has 1 atom stereocenters. The number of benzene rings is 2. The fraction of sp³-hybridized carbons (Fsp3) is 0.318. The predicted molar refractivity (Wildman–Crippen MR) is 114 cm³/mol. The van der Waals surface area contributed by atoms with Gasteiger partial charge in [0, 0.05) is 6.04 Å². The van der Waals surface area contributed by atoms with E-state index in [9.17, 15) is 4.79 Å². The second kappa shape index (κ2) is 9.55. The van der Waals surface area contributed by atoms with Gasteiger partial charge < -0.3 is 5.32 Å². The molecule has 28 heavy (non-hydrogen) atoms. The smallest absolute Gasteiger partial charge is 0.230 e. The number of amides is 1. The lowest BCUT2D eigenvalue weighted by Crippen LogP contribution is -2.34. The molecule has 5 nitrogen and oxygen atoms in total. The minimum absolute atomic E-state index is 0.0162. The number of aromatic nitrogens is 3. The third-order valence-electron chi connectivity index (χ3n) is 4.60. The van der Waals surface area contributed by atoms with E-state index in [-0.39, 0.29) is 11.9 Å². The first-order valence-electron chi connectivity index (χ1n) is 9.48. The summed E-state index contributed by atoms with van der Waals surface area (Å²) in [4.78, 5) is 12.4. The Morgan fingerprint density at radius 3 is 2.54 bits per heavy atom. The van der Waals surface area contributed by atoms with Gasteiger partial charge in [0.25, 0.3) is 0 Å². The lowest BCUT2D eigenvalue weighted by atomic mass is 10.1. The van der Waals surface area contributed by atoms with E-state index in [0.29, 0.717) is 5.75 Å². The summed E-state index contributed by atoms with van der Waals surface area (Å²) in [6.45, 7) is 6.03. The Hall–Kier alpha value is -2.60. The fourth-order valence-electron chi connectivity index (χ4n) is 3.07. The predicted octanol–water partition coefficient (Wildman–Crippen LogP) is 4.11. The van der Waals surface area contributed by atoms with Crippen LogP contribution in [0.2, 0.25) is 0 Å². The topological polar surface area (TPSA) is 59.8 Å². The van der Waals surface area contributed by atoms with E-state index in [4.69, 9.17) is 0 Å². The minimum atomic E-state index is 0.0162. The van der Waals surface area contributed by atoms with Crippen LogP contribution in [0.1, 0.15) is 30.3 Å². The largest absolute Gasteiger partial charge is 0.353 e. The molecule has 0 aliphatic heterocycles. The Kier molecular flexibility index (Phi) is 6.87. The molecule has 2 aromatic carbocycles. The van der Waals surface area contributed by atoms with Gasteiger partial charge in [0.05, 0.1) is 11.4 Å². The molecule has 0 fully saturated rings. The molecule has 6 heteroatoms. The Bertz CT molecular complexity index is 923. The summed E-state index contributed by atoms with van der Waals surface area (Å²) in [7, 11) is 0. The van der Waals surface area contributed by atoms with Crippen LogP contribution in [-0.2, 0) is 11.2 Å². The Labute approximate surface area is 170 Å².